The van der Waals surface area contributed by atoms with Crippen molar-refractivity contribution in [2.45, 2.75) is 31.0 Å². The van der Waals surface area contributed by atoms with Crippen LogP contribution in [0.15, 0.2) is 78.9 Å². The molecular weight excluding hydrogens is 464 g/mol. The normalized spacial score (nSPS) is 19.7. The lowest BCUT2D eigenvalue weighted by Crippen LogP contribution is -2.46. The predicted octanol–water partition coefficient (Wildman–Crippen LogP) is 4.44. The Morgan fingerprint density at radius 2 is 1.22 bits per heavy atom. The van der Waals surface area contributed by atoms with Crippen LogP contribution in [0, 0.1) is 11.6 Å². The lowest BCUT2D eigenvalue weighted by Gasteiger charge is -2.33. The second-order valence-electron chi connectivity index (χ2n) is 9.06. The zero-order chi connectivity index (χ0) is 25.1. The fraction of sp³-hybridized carbons (Fsp3) is 0.241. The monoisotopic (exact) mass is 491 g/mol. The topological polar surface area (TPSA) is 62.2 Å². The van der Waals surface area contributed by atoms with Crippen LogP contribution in [0.5, 0.6) is 11.5 Å². The van der Waals surface area contributed by atoms with Gasteiger partial charge in [-0.1, -0.05) is 42.5 Å². The summed E-state index contributed by atoms with van der Waals surface area (Å²) in [6, 6.07) is 18.3. The van der Waals surface area contributed by atoms with Crippen molar-refractivity contribution >= 4 is 12.2 Å². The predicted molar refractivity (Wildman–Crippen MR) is 133 cm³/mol. The molecule has 3 aromatic rings. The maximum atomic E-state index is 13.5. The van der Waals surface area contributed by atoms with Gasteiger partial charge in [0, 0.05) is 30.8 Å². The summed E-state index contributed by atoms with van der Waals surface area (Å²) in [5, 5.41) is 22.1. The summed E-state index contributed by atoms with van der Waals surface area (Å²) in [6.07, 6.45) is 3.88. The molecule has 0 amide bonds. The van der Waals surface area contributed by atoms with Crippen LogP contribution in [-0.2, 0) is 6.54 Å². The van der Waals surface area contributed by atoms with Crippen molar-refractivity contribution in [3.63, 3.8) is 0 Å². The Hall–Kier alpha value is -3.52. The molecule has 0 spiro atoms. The summed E-state index contributed by atoms with van der Waals surface area (Å²) in [4.78, 5) is 1.94. The molecular formula is C29H27F2NO4. The molecule has 0 unspecified atom stereocenters. The summed E-state index contributed by atoms with van der Waals surface area (Å²) in [5.41, 5.74) is 2.27. The van der Waals surface area contributed by atoms with Crippen molar-refractivity contribution in [2.75, 3.05) is 13.1 Å². The van der Waals surface area contributed by atoms with Crippen LogP contribution in [-0.4, -0.2) is 52.6 Å². The van der Waals surface area contributed by atoms with Gasteiger partial charge in [-0.25, -0.2) is 8.78 Å². The average Bonchev–Trinajstić information content (AvgIpc) is 2.88. The van der Waals surface area contributed by atoms with Gasteiger partial charge in [-0.05, 0) is 54.1 Å². The van der Waals surface area contributed by atoms with Gasteiger partial charge in [-0.15, -0.1) is 0 Å². The lowest BCUT2D eigenvalue weighted by atomic mass is 10.0. The van der Waals surface area contributed by atoms with Crippen LogP contribution in [0.4, 0.5) is 8.78 Å². The molecule has 36 heavy (non-hydrogen) atoms. The Morgan fingerprint density at radius 1 is 0.722 bits per heavy atom. The quantitative estimate of drug-likeness (QED) is 0.488. The molecule has 2 aliphatic rings. The van der Waals surface area contributed by atoms with Gasteiger partial charge >= 0.3 is 0 Å². The van der Waals surface area contributed by atoms with Gasteiger partial charge in [0.1, 0.15) is 47.5 Å². The van der Waals surface area contributed by atoms with Gasteiger partial charge in [-0.3, -0.25) is 4.90 Å². The maximum absolute atomic E-state index is 13.5. The van der Waals surface area contributed by atoms with E-state index < -0.39 is 24.4 Å². The van der Waals surface area contributed by atoms with Gasteiger partial charge < -0.3 is 19.7 Å². The molecule has 4 atom stereocenters. The van der Waals surface area contributed by atoms with Gasteiger partial charge in [0.15, 0.2) is 0 Å². The number of halogens is 2. The van der Waals surface area contributed by atoms with Crippen LogP contribution in [0.1, 0.15) is 16.7 Å². The molecule has 2 heterocycles. The molecule has 3 aromatic carbocycles. The highest BCUT2D eigenvalue weighted by Gasteiger charge is 2.29. The van der Waals surface area contributed by atoms with Crippen molar-refractivity contribution in [3.05, 3.63) is 107 Å². The minimum Gasteiger partial charge on any atom is -0.483 e. The lowest BCUT2D eigenvalue weighted by molar-refractivity contribution is -0.00267. The molecule has 5 nitrogen and oxygen atoms in total. The zero-order valence-electron chi connectivity index (χ0n) is 19.5. The van der Waals surface area contributed by atoms with Crippen molar-refractivity contribution in [1.82, 2.24) is 4.90 Å². The van der Waals surface area contributed by atoms with Crippen LogP contribution >= 0.6 is 0 Å². The van der Waals surface area contributed by atoms with Gasteiger partial charge in [-0.2, -0.15) is 0 Å². The SMILES string of the molecule is O[C@H](CN(Cc1ccccc1)C[C@@H](O)[C@H]1C=Cc2cc(F)ccc2O1)[C@@H]1C=Cc2cc(F)ccc2O1. The molecule has 0 bridgehead atoms. The van der Waals surface area contributed by atoms with E-state index in [1.807, 2.05) is 35.2 Å². The number of rotatable bonds is 8. The van der Waals surface area contributed by atoms with Crippen molar-refractivity contribution < 1.29 is 28.5 Å². The molecule has 5 rings (SSSR count). The first-order valence-electron chi connectivity index (χ1n) is 11.9. The third-order valence-electron chi connectivity index (χ3n) is 6.30. The summed E-state index contributed by atoms with van der Waals surface area (Å²) in [5.74, 6) is 0.313. The number of hydrogen-bond acceptors (Lipinski definition) is 5. The summed E-state index contributed by atoms with van der Waals surface area (Å²) in [7, 11) is 0. The highest BCUT2D eigenvalue weighted by atomic mass is 19.1. The Morgan fingerprint density at radius 3 is 1.72 bits per heavy atom. The van der Waals surface area contributed by atoms with E-state index in [4.69, 9.17) is 9.47 Å². The summed E-state index contributed by atoms with van der Waals surface area (Å²) < 4.78 is 38.8. The summed E-state index contributed by atoms with van der Waals surface area (Å²) in [6.45, 7) is 0.927. The van der Waals surface area contributed by atoms with E-state index in [2.05, 4.69) is 0 Å². The Kier molecular flexibility index (Phi) is 7.13. The summed E-state index contributed by atoms with van der Waals surface area (Å²) >= 11 is 0. The van der Waals surface area contributed by atoms with E-state index in [0.717, 1.165) is 5.56 Å². The van der Waals surface area contributed by atoms with Crippen molar-refractivity contribution in [1.29, 1.82) is 0 Å². The van der Waals surface area contributed by atoms with E-state index >= 15 is 0 Å². The van der Waals surface area contributed by atoms with Gasteiger partial charge in [0.25, 0.3) is 0 Å². The number of ether oxygens (including phenoxy) is 2. The minimum atomic E-state index is -0.901. The second-order valence-corrected chi connectivity index (χ2v) is 9.06. The third kappa shape index (κ3) is 5.65. The number of benzene rings is 3. The van der Waals surface area contributed by atoms with Crippen LogP contribution in [0.25, 0.3) is 12.2 Å². The largest absolute Gasteiger partial charge is 0.483 e. The Balaban J connectivity index is 1.28. The molecule has 0 saturated heterocycles. The molecule has 186 valence electrons. The second kappa shape index (κ2) is 10.6. The molecule has 0 fully saturated rings. The standard InChI is InChI=1S/C29H27F2NO4/c30-22-8-12-26-20(14-22)6-10-28(35-26)24(33)17-32(16-19-4-2-1-3-5-19)18-25(34)29-11-7-21-15-23(31)9-13-27(21)36-29/h1-15,24-25,28-29,33-34H,16-18H2/t24-,25-,28-,29+/m1/s1. The molecule has 0 radical (unpaired) electrons. The number of aliphatic hydroxyl groups is 2. The smallest absolute Gasteiger partial charge is 0.144 e. The van der Waals surface area contributed by atoms with E-state index in [1.54, 1.807) is 36.4 Å². The zero-order valence-corrected chi connectivity index (χ0v) is 19.5. The van der Waals surface area contributed by atoms with Gasteiger partial charge in [0.2, 0.25) is 0 Å². The average molecular weight is 492 g/mol. The highest BCUT2D eigenvalue weighted by Crippen LogP contribution is 2.29. The molecule has 2 N–H and O–H groups in total. The first-order valence-corrected chi connectivity index (χ1v) is 11.9. The molecule has 0 aromatic heterocycles. The molecule has 2 aliphatic heterocycles. The number of hydrogen-bond donors (Lipinski definition) is 2. The highest BCUT2D eigenvalue weighted by molar-refractivity contribution is 5.61. The minimum absolute atomic E-state index is 0.218. The fourth-order valence-corrected chi connectivity index (χ4v) is 4.48. The van der Waals surface area contributed by atoms with E-state index in [1.165, 1.54) is 24.3 Å². The maximum Gasteiger partial charge on any atom is 0.144 e. The fourth-order valence-electron chi connectivity index (χ4n) is 4.48. The van der Waals surface area contributed by atoms with E-state index in [9.17, 15) is 19.0 Å². The van der Waals surface area contributed by atoms with E-state index in [0.29, 0.717) is 29.2 Å². The number of aliphatic hydroxyl groups excluding tert-OH is 2. The van der Waals surface area contributed by atoms with Crippen molar-refractivity contribution in [2.24, 2.45) is 0 Å². The Bertz CT molecular complexity index is 1190. The number of nitrogens with zero attached hydrogens (tertiary/aromatic N) is 1. The first-order chi connectivity index (χ1) is 17.4. The third-order valence-corrected chi connectivity index (χ3v) is 6.30. The van der Waals surface area contributed by atoms with Crippen molar-refractivity contribution in [3.8, 4) is 11.5 Å². The molecule has 7 heteroatoms. The van der Waals surface area contributed by atoms with Crippen LogP contribution in [0.3, 0.4) is 0 Å². The van der Waals surface area contributed by atoms with Crippen LogP contribution < -0.4 is 9.47 Å². The van der Waals surface area contributed by atoms with Gasteiger partial charge in [0.05, 0.1) is 0 Å². The van der Waals surface area contributed by atoms with E-state index in [-0.39, 0.29) is 24.7 Å². The number of fused-ring (bicyclic) bond motifs is 2. The molecule has 0 aliphatic carbocycles. The first kappa shape index (κ1) is 24.2. The molecule has 0 saturated carbocycles. The van der Waals surface area contributed by atoms with Crippen LogP contribution in [0.2, 0.25) is 0 Å². The Labute approximate surface area is 208 Å².